The molecule has 0 heterocycles. The summed E-state index contributed by atoms with van der Waals surface area (Å²) in [6.45, 7) is 6.52. The van der Waals surface area contributed by atoms with E-state index in [9.17, 15) is 0 Å². The van der Waals surface area contributed by atoms with Crippen LogP contribution in [0.2, 0.25) is 19.6 Å². The van der Waals surface area contributed by atoms with Crippen LogP contribution in [0.4, 0.5) is 0 Å². The molecule has 0 aliphatic heterocycles. The van der Waals surface area contributed by atoms with Gasteiger partial charge in [-0.25, -0.2) is 0 Å². The first-order valence-electron chi connectivity index (χ1n) is 2.65. The molecule has 0 saturated carbocycles. The van der Waals surface area contributed by atoms with E-state index in [4.69, 9.17) is 16.3 Å². The van der Waals surface area contributed by atoms with Crippen molar-refractivity contribution in [1.29, 1.82) is 0 Å². The number of rotatable bonds is 2. The second-order valence-electron chi connectivity index (χ2n) is 2.92. The third-order valence-electron chi connectivity index (χ3n) is 0.888. The lowest BCUT2D eigenvalue weighted by Gasteiger charge is -2.20. The average Bonchev–Trinajstić information content (AvgIpc) is 1.62. The van der Waals surface area contributed by atoms with Gasteiger partial charge in [-0.05, 0) is 0 Å². The van der Waals surface area contributed by atoms with E-state index in [0.29, 0.717) is 0 Å². The first kappa shape index (κ1) is 8.47. The predicted octanol–water partition coefficient (Wildman–Crippen LogP) is 2.08. The van der Waals surface area contributed by atoms with Crippen LogP contribution in [0, 0.1) is 0 Å². The largest absolute Gasteiger partial charge is 0.370 e. The van der Waals surface area contributed by atoms with E-state index in [-0.39, 0.29) is 5.19 Å². The van der Waals surface area contributed by atoms with Gasteiger partial charge in [0.2, 0.25) is 0 Å². The van der Waals surface area contributed by atoms with Crippen LogP contribution < -0.4 is 0 Å². The molecule has 1 nitrogen and oxygen atoms in total. The first-order chi connectivity index (χ1) is 3.48. The van der Waals surface area contributed by atoms with Crippen molar-refractivity contribution < 1.29 is 4.74 Å². The first-order valence-corrected chi connectivity index (χ1v) is 6.66. The van der Waals surface area contributed by atoms with Crippen molar-refractivity contribution in [3.8, 4) is 0 Å². The van der Waals surface area contributed by atoms with E-state index in [2.05, 4.69) is 19.6 Å². The van der Waals surface area contributed by atoms with Gasteiger partial charge < -0.3 is 4.74 Å². The topological polar surface area (TPSA) is 9.23 Å². The molecule has 0 radical (unpaired) electrons. The van der Waals surface area contributed by atoms with Crippen LogP contribution in [0.5, 0.6) is 0 Å². The Morgan fingerprint density at radius 1 is 1.38 bits per heavy atom. The molecule has 0 fully saturated rings. The number of alkyl halides is 1. The highest BCUT2D eigenvalue weighted by Gasteiger charge is 2.23. The Morgan fingerprint density at radius 2 is 1.75 bits per heavy atom. The van der Waals surface area contributed by atoms with E-state index in [1.54, 1.807) is 7.11 Å². The fourth-order valence-electron chi connectivity index (χ4n) is 0.354. The van der Waals surface area contributed by atoms with Crippen molar-refractivity contribution in [2.24, 2.45) is 0 Å². The van der Waals surface area contributed by atoms with Crippen molar-refractivity contribution in [2.75, 3.05) is 7.11 Å². The standard InChI is InChI=1S/C5H13ClOSi/c1-7-5(6)8(2,3)4/h5H,1-4H3. The molecule has 0 amide bonds. The van der Waals surface area contributed by atoms with Crippen LogP contribution in [0.1, 0.15) is 0 Å². The van der Waals surface area contributed by atoms with Crippen LogP contribution >= 0.6 is 11.6 Å². The van der Waals surface area contributed by atoms with Gasteiger partial charge >= 0.3 is 0 Å². The van der Waals surface area contributed by atoms with E-state index < -0.39 is 8.07 Å². The Bertz CT molecular complexity index is 69.3. The maximum absolute atomic E-state index is 5.78. The highest BCUT2D eigenvalue weighted by Crippen LogP contribution is 2.13. The molecule has 1 atom stereocenters. The van der Waals surface area contributed by atoms with Crippen LogP contribution in [0.3, 0.4) is 0 Å². The summed E-state index contributed by atoms with van der Waals surface area (Å²) in [6.07, 6.45) is 0. The number of hydrogen-bond acceptors (Lipinski definition) is 1. The normalized spacial score (nSPS) is 16.1. The van der Waals surface area contributed by atoms with Gasteiger partial charge in [-0.3, -0.25) is 0 Å². The van der Waals surface area contributed by atoms with E-state index in [0.717, 1.165) is 0 Å². The minimum Gasteiger partial charge on any atom is -0.370 e. The highest BCUT2D eigenvalue weighted by molar-refractivity contribution is 6.83. The molecule has 50 valence electrons. The summed E-state index contributed by atoms with van der Waals surface area (Å²) in [6, 6.07) is 0. The zero-order valence-electron chi connectivity index (χ0n) is 5.86. The number of methoxy groups -OCH3 is 1. The number of ether oxygens (including phenoxy) is 1. The molecule has 0 spiro atoms. The molecule has 0 aromatic carbocycles. The second kappa shape index (κ2) is 2.85. The smallest absolute Gasteiger partial charge is 0.117 e. The maximum atomic E-state index is 5.78. The fourth-order valence-corrected chi connectivity index (χ4v) is 1.06. The van der Waals surface area contributed by atoms with Gasteiger partial charge in [0.1, 0.15) is 5.19 Å². The van der Waals surface area contributed by atoms with Crippen LogP contribution in [-0.4, -0.2) is 20.4 Å². The zero-order valence-corrected chi connectivity index (χ0v) is 7.62. The number of halogens is 1. The Labute approximate surface area is 57.0 Å². The Hall–Kier alpha value is 0.467. The summed E-state index contributed by atoms with van der Waals surface area (Å²) in [5.41, 5.74) is 0. The van der Waals surface area contributed by atoms with Crippen molar-refractivity contribution in [3.63, 3.8) is 0 Å². The van der Waals surface area contributed by atoms with Crippen LogP contribution in [0.15, 0.2) is 0 Å². The van der Waals surface area contributed by atoms with Gasteiger partial charge in [-0.2, -0.15) is 0 Å². The number of hydrogen-bond donors (Lipinski definition) is 0. The summed E-state index contributed by atoms with van der Waals surface area (Å²) in [4.78, 5) is 0. The Balaban J connectivity index is 3.62. The molecular weight excluding hydrogens is 140 g/mol. The van der Waals surface area contributed by atoms with Gasteiger partial charge in [0, 0.05) is 7.11 Å². The minimum atomic E-state index is -1.22. The molecule has 0 aliphatic carbocycles. The molecule has 0 aliphatic rings. The van der Waals surface area contributed by atoms with E-state index >= 15 is 0 Å². The second-order valence-corrected chi connectivity index (χ2v) is 8.94. The van der Waals surface area contributed by atoms with Crippen molar-refractivity contribution in [3.05, 3.63) is 0 Å². The van der Waals surface area contributed by atoms with Crippen LogP contribution in [0.25, 0.3) is 0 Å². The van der Waals surface area contributed by atoms with Crippen molar-refractivity contribution >= 4 is 19.7 Å². The molecule has 0 N–H and O–H groups in total. The maximum Gasteiger partial charge on any atom is 0.117 e. The molecular formula is C5H13ClOSi. The highest BCUT2D eigenvalue weighted by atomic mass is 35.5. The Morgan fingerprint density at radius 3 is 1.75 bits per heavy atom. The fraction of sp³-hybridized carbons (Fsp3) is 1.00. The molecule has 0 bridgehead atoms. The third kappa shape index (κ3) is 2.70. The zero-order chi connectivity index (χ0) is 6.78. The van der Waals surface area contributed by atoms with Gasteiger partial charge in [0.25, 0.3) is 0 Å². The van der Waals surface area contributed by atoms with Crippen molar-refractivity contribution in [1.82, 2.24) is 0 Å². The molecule has 8 heavy (non-hydrogen) atoms. The Kier molecular flexibility index (Phi) is 3.02. The molecule has 0 rings (SSSR count). The monoisotopic (exact) mass is 152 g/mol. The van der Waals surface area contributed by atoms with Crippen LogP contribution in [-0.2, 0) is 4.74 Å². The van der Waals surface area contributed by atoms with Gasteiger partial charge in [-0.15, -0.1) is 0 Å². The SMILES string of the molecule is COC(Cl)[Si](C)(C)C. The van der Waals surface area contributed by atoms with Crippen molar-refractivity contribution in [2.45, 2.75) is 24.8 Å². The molecule has 1 unspecified atom stereocenters. The predicted molar refractivity (Wildman–Crippen MR) is 40.0 cm³/mol. The lowest BCUT2D eigenvalue weighted by molar-refractivity contribution is 0.216. The summed E-state index contributed by atoms with van der Waals surface area (Å²) in [7, 11) is 0.431. The average molecular weight is 153 g/mol. The van der Waals surface area contributed by atoms with E-state index in [1.807, 2.05) is 0 Å². The summed E-state index contributed by atoms with van der Waals surface area (Å²) in [5, 5.41) is -0.0394. The summed E-state index contributed by atoms with van der Waals surface area (Å²) < 4.78 is 4.94. The summed E-state index contributed by atoms with van der Waals surface area (Å²) in [5.74, 6) is 0. The summed E-state index contributed by atoms with van der Waals surface area (Å²) >= 11 is 5.78. The van der Waals surface area contributed by atoms with E-state index in [1.165, 1.54) is 0 Å². The minimum absolute atomic E-state index is 0.0394. The van der Waals surface area contributed by atoms with Gasteiger partial charge in [-0.1, -0.05) is 31.2 Å². The quantitative estimate of drug-likeness (QED) is 0.435. The molecule has 0 aromatic heterocycles. The molecule has 0 aromatic rings. The third-order valence-corrected chi connectivity index (χ3v) is 4.63. The lowest BCUT2D eigenvalue weighted by Crippen LogP contribution is -2.34. The van der Waals surface area contributed by atoms with Gasteiger partial charge in [0.05, 0.1) is 8.07 Å². The lowest BCUT2D eigenvalue weighted by atomic mass is 11.5. The molecule has 0 saturated heterocycles. The molecule has 3 heteroatoms. The van der Waals surface area contributed by atoms with Gasteiger partial charge in [0.15, 0.2) is 0 Å².